The summed E-state index contributed by atoms with van der Waals surface area (Å²) in [5.74, 6) is 0.0230. The SMILES string of the molecule is CCOC(=O)C1=C(C)N(CC(=O)NC2CC2)c2ncnn2[C@@H]1c1ccc(C)cc1. The minimum absolute atomic E-state index is 0.0740. The van der Waals surface area contributed by atoms with E-state index in [2.05, 4.69) is 15.4 Å². The van der Waals surface area contributed by atoms with Gasteiger partial charge in [-0.1, -0.05) is 29.8 Å². The first-order valence-corrected chi connectivity index (χ1v) is 9.90. The second kappa shape index (κ2) is 7.69. The second-order valence-electron chi connectivity index (χ2n) is 7.47. The molecule has 1 atom stereocenters. The predicted molar refractivity (Wildman–Crippen MR) is 107 cm³/mol. The first-order chi connectivity index (χ1) is 14.0. The highest BCUT2D eigenvalue weighted by Gasteiger charge is 2.38. The summed E-state index contributed by atoms with van der Waals surface area (Å²) >= 11 is 0. The van der Waals surface area contributed by atoms with Crippen LogP contribution in [0.4, 0.5) is 5.95 Å². The molecule has 2 aromatic rings. The number of amides is 1. The molecule has 29 heavy (non-hydrogen) atoms. The standard InChI is InChI=1S/C21H25N5O3/c1-4-29-20(28)18-14(3)25(11-17(27)24-16-9-10-16)21-22-12-23-26(21)19(18)15-7-5-13(2)6-8-15/h5-8,12,16,19H,4,9-11H2,1-3H3,(H,24,27)/t19-/m1/s1. The molecule has 2 aliphatic rings. The monoisotopic (exact) mass is 395 g/mol. The lowest BCUT2D eigenvalue weighted by Gasteiger charge is -2.35. The van der Waals surface area contributed by atoms with Crippen LogP contribution >= 0.6 is 0 Å². The van der Waals surface area contributed by atoms with Crippen molar-refractivity contribution in [2.45, 2.75) is 45.7 Å². The number of allylic oxidation sites excluding steroid dienone is 1. The molecule has 0 unspecified atom stereocenters. The van der Waals surface area contributed by atoms with E-state index in [0.717, 1.165) is 24.0 Å². The highest BCUT2D eigenvalue weighted by Crippen LogP contribution is 2.38. The predicted octanol–water partition coefficient (Wildman–Crippen LogP) is 2.11. The lowest BCUT2D eigenvalue weighted by atomic mass is 9.94. The van der Waals surface area contributed by atoms with Crippen molar-refractivity contribution in [1.82, 2.24) is 20.1 Å². The zero-order valence-corrected chi connectivity index (χ0v) is 16.9. The molecule has 1 aromatic heterocycles. The number of rotatable bonds is 6. The summed E-state index contributed by atoms with van der Waals surface area (Å²) in [6.45, 7) is 5.96. The molecule has 1 saturated carbocycles. The lowest BCUT2D eigenvalue weighted by molar-refractivity contribution is -0.139. The quantitative estimate of drug-likeness (QED) is 0.754. The van der Waals surface area contributed by atoms with Gasteiger partial charge in [0, 0.05) is 11.7 Å². The zero-order valence-electron chi connectivity index (χ0n) is 16.9. The van der Waals surface area contributed by atoms with Crippen LogP contribution in [0.5, 0.6) is 0 Å². The van der Waals surface area contributed by atoms with E-state index in [1.54, 1.807) is 16.5 Å². The van der Waals surface area contributed by atoms with Gasteiger partial charge in [-0.3, -0.25) is 4.79 Å². The Morgan fingerprint density at radius 2 is 1.93 bits per heavy atom. The zero-order chi connectivity index (χ0) is 20.5. The van der Waals surface area contributed by atoms with E-state index in [1.165, 1.54) is 6.33 Å². The molecule has 1 N–H and O–H groups in total. The third-order valence-electron chi connectivity index (χ3n) is 5.24. The van der Waals surface area contributed by atoms with E-state index in [0.29, 0.717) is 17.2 Å². The van der Waals surface area contributed by atoms with Crippen LogP contribution < -0.4 is 10.2 Å². The summed E-state index contributed by atoms with van der Waals surface area (Å²) in [4.78, 5) is 31.5. The van der Waals surface area contributed by atoms with Gasteiger partial charge in [0.25, 0.3) is 0 Å². The molecule has 2 heterocycles. The number of aryl methyl sites for hydroxylation is 1. The molecule has 152 valence electrons. The maximum Gasteiger partial charge on any atom is 0.338 e. The minimum atomic E-state index is -0.463. The van der Waals surface area contributed by atoms with Gasteiger partial charge in [-0.25, -0.2) is 9.48 Å². The third kappa shape index (κ3) is 3.74. The Kier molecular flexibility index (Phi) is 5.08. The Balaban J connectivity index is 1.77. The van der Waals surface area contributed by atoms with Gasteiger partial charge in [0.1, 0.15) is 18.9 Å². The molecule has 0 spiro atoms. The van der Waals surface area contributed by atoms with Gasteiger partial charge in [-0.05, 0) is 39.2 Å². The summed E-state index contributed by atoms with van der Waals surface area (Å²) in [7, 11) is 0. The molecule has 0 saturated heterocycles. The number of esters is 1. The summed E-state index contributed by atoms with van der Waals surface area (Å²) in [5, 5.41) is 7.37. The van der Waals surface area contributed by atoms with E-state index in [1.807, 2.05) is 38.1 Å². The van der Waals surface area contributed by atoms with Crippen LogP contribution in [0.2, 0.25) is 0 Å². The van der Waals surface area contributed by atoms with Crippen molar-refractivity contribution in [1.29, 1.82) is 0 Å². The number of nitrogens with one attached hydrogen (secondary N) is 1. The second-order valence-corrected chi connectivity index (χ2v) is 7.47. The molecule has 0 radical (unpaired) electrons. The average molecular weight is 395 g/mol. The van der Waals surface area contributed by atoms with Crippen LogP contribution in [-0.2, 0) is 14.3 Å². The Morgan fingerprint density at radius 1 is 1.21 bits per heavy atom. The van der Waals surface area contributed by atoms with Crippen molar-refractivity contribution in [3.8, 4) is 0 Å². The molecular weight excluding hydrogens is 370 g/mol. The summed E-state index contributed by atoms with van der Waals surface area (Å²) in [6.07, 6.45) is 3.48. The molecule has 0 bridgehead atoms. The van der Waals surface area contributed by atoms with Gasteiger partial charge in [0.15, 0.2) is 0 Å². The van der Waals surface area contributed by atoms with Crippen molar-refractivity contribution in [3.05, 3.63) is 53.0 Å². The first-order valence-electron chi connectivity index (χ1n) is 9.90. The molecule has 1 amide bonds. The third-order valence-corrected chi connectivity index (χ3v) is 5.24. The van der Waals surface area contributed by atoms with Gasteiger partial charge in [-0.15, -0.1) is 0 Å². The Hall–Kier alpha value is -3.16. The molecule has 4 rings (SSSR count). The van der Waals surface area contributed by atoms with Crippen molar-refractivity contribution >= 4 is 17.8 Å². The fraction of sp³-hybridized carbons (Fsp3) is 0.429. The molecule has 1 aliphatic heterocycles. The Labute approximate surface area is 169 Å². The van der Waals surface area contributed by atoms with Gasteiger partial charge < -0.3 is 15.0 Å². The number of anilines is 1. The van der Waals surface area contributed by atoms with Gasteiger partial charge in [0.05, 0.1) is 12.2 Å². The summed E-state index contributed by atoms with van der Waals surface area (Å²) < 4.78 is 7.05. The number of hydrogen-bond donors (Lipinski definition) is 1. The average Bonchev–Trinajstić information content (AvgIpc) is 3.36. The number of ether oxygens (including phenoxy) is 1. The highest BCUT2D eigenvalue weighted by molar-refractivity contribution is 5.93. The van der Waals surface area contributed by atoms with E-state index in [9.17, 15) is 9.59 Å². The smallest absolute Gasteiger partial charge is 0.338 e. The molecule has 8 nitrogen and oxygen atoms in total. The number of nitrogens with zero attached hydrogens (tertiary/aromatic N) is 4. The molecule has 1 fully saturated rings. The van der Waals surface area contributed by atoms with Crippen LogP contribution in [0.3, 0.4) is 0 Å². The molecule has 1 aliphatic carbocycles. The molecular formula is C21H25N5O3. The van der Waals surface area contributed by atoms with Crippen molar-refractivity contribution in [2.75, 3.05) is 18.1 Å². The van der Waals surface area contributed by atoms with Gasteiger partial charge in [0.2, 0.25) is 11.9 Å². The number of fused-ring (bicyclic) bond motifs is 1. The number of hydrogen-bond acceptors (Lipinski definition) is 6. The number of aromatic nitrogens is 3. The maximum absolute atomic E-state index is 12.9. The van der Waals surface area contributed by atoms with Crippen molar-refractivity contribution < 1.29 is 14.3 Å². The number of benzene rings is 1. The van der Waals surface area contributed by atoms with Crippen molar-refractivity contribution in [3.63, 3.8) is 0 Å². The molecule has 8 heteroatoms. The normalized spacial score (nSPS) is 18.4. The van der Waals surface area contributed by atoms with Crippen LogP contribution in [0.1, 0.15) is 43.9 Å². The van der Waals surface area contributed by atoms with Crippen LogP contribution in [0, 0.1) is 6.92 Å². The first kappa shape index (κ1) is 19.2. The van der Waals surface area contributed by atoms with Crippen molar-refractivity contribution in [2.24, 2.45) is 0 Å². The molecule has 1 aromatic carbocycles. The summed E-state index contributed by atoms with van der Waals surface area (Å²) in [6, 6.07) is 7.76. The largest absolute Gasteiger partial charge is 0.463 e. The summed E-state index contributed by atoms with van der Waals surface area (Å²) in [5.41, 5.74) is 3.15. The van der Waals surface area contributed by atoms with Gasteiger partial charge >= 0.3 is 5.97 Å². The fourth-order valence-electron chi connectivity index (χ4n) is 3.59. The van der Waals surface area contributed by atoms with Crippen LogP contribution in [0.25, 0.3) is 0 Å². The van der Waals surface area contributed by atoms with E-state index < -0.39 is 12.0 Å². The minimum Gasteiger partial charge on any atom is -0.463 e. The van der Waals surface area contributed by atoms with E-state index in [-0.39, 0.29) is 25.1 Å². The Morgan fingerprint density at radius 3 is 2.59 bits per heavy atom. The number of carbonyl (C=O) groups excluding carboxylic acids is 2. The fourth-order valence-corrected chi connectivity index (χ4v) is 3.59. The lowest BCUT2D eigenvalue weighted by Crippen LogP contribution is -2.43. The Bertz CT molecular complexity index is 959. The topological polar surface area (TPSA) is 89.3 Å². The van der Waals surface area contributed by atoms with Crippen LogP contribution in [-0.4, -0.2) is 45.8 Å². The van der Waals surface area contributed by atoms with E-state index >= 15 is 0 Å². The van der Waals surface area contributed by atoms with Crippen LogP contribution in [0.15, 0.2) is 41.9 Å². The number of carbonyl (C=O) groups is 2. The van der Waals surface area contributed by atoms with E-state index in [4.69, 9.17) is 4.74 Å². The highest BCUT2D eigenvalue weighted by atomic mass is 16.5. The maximum atomic E-state index is 12.9. The van der Waals surface area contributed by atoms with Gasteiger partial charge in [-0.2, -0.15) is 10.1 Å².